The highest BCUT2D eigenvalue weighted by Gasteiger charge is 1.99. The number of aromatic nitrogens is 1. The van der Waals surface area contributed by atoms with Crippen LogP contribution in [0.15, 0.2) is 41.1 Å². The smallest absolute Gasteiger partial charge is 0.213 e. The van der Waals surface area contributed by atoms with Gasteiger partial charge in [0, 0.05) is 18.8 Å². The molecule has 4 nitrogen and oxygen atoms in total. The van der Waals surface area contributed by atoms with Gasteiger partial charge >= 0.3 is 0 Å². The summed E-state index contributed by atoms with van der Waals surface area (Å²) >= 11 is 0. The van der Waals surface area contributed by atoms with E-state index in [0.717, 1.165) is 17.9 Å². The van der Waals surface area contributed by atoms with E-state index in [4.69, 9.17) is 9.15 Å². The average Bonchev–Trinajstić information content (AvgIpc) is 2.82. The van der Waals surface area contributed by atoms with Gasteiger partial charge in [-0.1, -0.05) is 6.07 Å². The summed E-state index contributed by atoms with van der Waals surface area (Å²) in [7, 11) is 1.90. The molecule has 0 spiro atoms. The summed E-state index contributed by atoms with van der Waals surface area (Å²) in [5.74, 6) is 1.40. The van der Waals surface area contributed by atoms with Crippen LogP contribution in [0.2, 0.25) is 0 Å². The van der Waals surface area contributed by atoms with Crippen molar-refractivity contribution in [2.45, 2.75) is 13.2 Å². The van der Waals surface area contributed by atoms with E-state index < -0.39 is 0 Å². The topological polar surface area (TPSA) is 47.3 Å². The Balaban J connectivity index is 1.90. The largest absolute Gasteiger partial charge is 0.469 e. The van der Waals surface area contributed by atoms with Gasteiger partial charge in [0.2, 0.25) is 5.88 Å². The molecule has 0 fully saturated rings. The lowest BCUT2D eigenvalue weighted by molar-refractivity contribution is 0.260. The van der Waals surface area contributed by atoms with E-state index in [0.29, 0.717) is 12.5 Å². The third-order valence-corrected chi connectivity index (χ3v) is 2.12. The van der Waals surface area contributed by atoms with Crippen molar-refractivity contribution >= 4 is 0 Å². The lowest BCUT2D eigenvalue weighted by Crippen LogP contribution is -2.05. The van der Waals surface area contributed by atoms with Gasteiger partial charge in [-0.05, 0) is 24.7 Å². The number of nitrogens with zero attached hydrogens (tertiary/aromatic N) is 1. The molecule has 2 aromatic heterocycles. The van der Waals surface area contributed by atoms with E-state index in [1.165, 1.54) is 0 Å². The molecule has 2 heterocycles. The Morgan fingerprint density at radius 1 is 1.38 bits per heavy atom. The SMILES string of the molecule is CNCc1ccc(OCc2ccco2)nc1. The van der Waals surface area contributed by atoms with Gasteiger partial charge in [0.05, 0.1) is 6.26 Å². The highest BCUT2D eigenvalue weighted by Crippen LogP contribution is 2.10. The Hall–Kier alpha value is -1.81. The van der Waals surface area contributed by atoms with Crippen LogP contribution < -0.4 is 10.1 Å². The first-order valence-electron chi connectivity index (χ1n) is 5.13. The molecule has 0 atom stereocenters. The van der Waals surface area contributed by atoms with Gasteiger partial charge in [-0.3, -0.25) is 0 Å². The number of hydrogen-bond donors (Lipinski definition) is 1. The second kappa shape index (κ2) is 5.32. The van der Waals surface area contributed by atoms with Crippen LogP contribution >= 0.6 is 0 Å². The molecular formula is C12H14N2O2. The maximum Gasteiger partial charge on any atom is 0.213 e. The van der Waals surface area contributed by atoms with E-state index in [-0.39, 0.29) is 0 Å². The number of pyridine rings is 1. The van der Waals surface area contributed by atoms with Gasteiger partial charge in [-0.15, -0.1) is 0 Å². The summed E-state index contributed by atoms with van der Waals surface area (Å²) in [6.07, 6.45) is 3.43. The molecule has 1 N–H and O–H groups in total. The third kappa shape index (κ3) is 2.84. The molecule has 0 aliphatic heterocycles. The van der Waals surface area contributed by atoms with Crippen LogP contribution in [-0.4, -0.2) is 12.0 Å². The van der Waals surface area contributed by atoms with Gasteiger partial charge in [0.25, 0.3) is 0 Å². The highest BCUT2D eigenvalue weighted by molar-refractivity contribution is 5.17. The molecule has 0 saturated heterocycles. The standard InChI is InChI=1S/C12H14N2O2/c1-13-7-10-4-5-12(14-8-10)16-9-11-3-2-6-15-11/h2-6,8,13H,7,9H2,1H3. The zero-order chi connectivity index (χ0) is 11.2. The summed E-state index contributed by atoms with van der Waals surface area (Å²) in [4.78, 5) is 4.19. The van der Waals surface area contributed by atoms with Crippen molar-refractivity contribution in [2.24, 2.45) is 0 Å². The second-order valence-corrected chi connectivity index (χ2v) is 3.40. The quantitative estimate of drug-likeness (QED) is 0.833. The zero-order valence-corrected chi connectivity index (χ0v) is 9.14. The van der Waals surface area contributed by atoms with E-state index in [9.17, 15) is 0 Å². The molecule has 0 aliphatic rings. The van der Waals surface area contributed by atoms with Crippen molar-refractivity contribution < 1.29 is 9.15 Å². The molecule has 4 heteroatoms. The number of ether oxygens (including phenoxy) is 1. The fourth-order valence-corrected chi connectivity index (χ4v) is 1.34. The van der Waals surface area contributed by atoms with Gasteiger partial charge < -0.3 is 14.5 Å². The molecule has 2 aromatic rings. The predicted octanol–water partition coefficient (Wildman–Crippen LogP) is 1.97. The van der Waals surface area contributed by atoms with Crippen molar-refractivity contribution in [3.05, 3.63) is 48.0 Å². The Bertz CT molecular complexity index is 409. The number of nitrogens with one attached hydrogen (secondary N) is 1. The fourth-order valence-electron chi connectivity index (χ4n) is 1.34. The van der Waals surface area contributed by atoms with E-state index in [1.54, 1.807) is 12.5 Å². The number of furan rings is 1. The van der Waals surface area contributed by atoms with Crippen LogP contribution in [0, 0.1) is 0 Å². The van der Waals surface area contributed by atoms with Crippen LogP contribution in [-0.2, 0) is 13.2 Å². The summed E-state index contributed by atoms with van der Waals surface area (Å²) in [5, 5.41) is 3.06. The molecule has 0 aliphatic carbocycles. The first-order valence-corrected chi connectivity index (χ1v) is 5.13. The molecule has 84 valence electrons. The van der Waals surface area contributed by atoms with Crippen molar-refractivity contribution in [3.8, 4) is 5.88 Å². The molecule has 0 amide bonds. The van der Waals surface area contributed by atoms with Crippen molar-refractivity contribution in [1.82, 2.24) is 10.3 Å². The molecule has 0 aromatic carbocycles. The maximum atomic E-state index is 5.46. The van der Waals surface area contributed by atoms with Gasteiger partial charge in [0.1, 0.15) is 12.4 Å². The molecule has 16 heavy (non-hydrogen) atoms. The molecule has 2 rings (SSSR count). The van der Waals surface area contributed by atoms with Gasteiger partial charge in [-0.25, -0.2) is 4.98 Å². The Labute approximate surface area is 94.3 Å². The minimum Gasteiger partial charge on any atom is -0.469 e. The monoisotopic (exact) mass is 218 g/mol. The van der Waals surface area contributed by atoms with Crippen LogP contribution in [0.1, 0.15) is 11.3 Å². The Kier molecular flexibility index (Phi) is 3.56. The van der Waals surface area contributed by atoms with E-state index in [1.807, 2.05) is 31.3 Å². The van der Waals surface area contributed by atoms with Crippen LogP contribution in [0.4, 0.5) is 0 Å². The van der Waals surface area contributed by atoms with E-state index in [2.05, 4.69) is 10.3 Å². The number of rotatable bonds is 5. The molecule has 0 bridgehead atoms. The van der Waals surface area contributed by atoms with E-state index >= 15 is 0 Å². The molecule has 0 unspecified atom stereocenters. The zero-order valence-electron chi connectivity index (χ0n) is 9.14. The third-order valence-electron chi connectivity index (χ3n) is 2.12. The van der Waals surface area contributed by atoms with Crippen molar-refractivity contribution in [3.63, 3.8) is 0 Å². The molecule has 0 radical (unpaired) electrons. The maximum absolute atomic E-state index is 5.46. The first kappa shape index (κ1) is 10.7. The highest BCUT2D eigenvalue weighted by atomic mass is 16.5. The minimum absolute atomic E-state index is 0.408. The summed E-state index contributed by atoms with van der Waals surface area (Å²) in [5.41, 5.74) is 1.13. The fraction of sp³-hybridized carbons (Fsp3) is 0.250. The molecule has 0 saturated carbocycles. The minimum atomic E-state index is 0.408. The Morgan fingerprint density at radius 3 is 2.94 bits per heavy atom. The average molecular weight is 218 g/mol. The molecular weight excluding hydrogens is 204 g/mol. The lowest BCUT2D eigenvalue weighted by Gasteiger charge is -2.04. The van der Waals surface area contributed by atoms with Crippen molar-refractivity contribution in [2.75, 3.05) is 7.05 Å². The van der Waals surface area contributed by atoms with Gasteiger partial charge in [-0.2, -0.15) is 0 Å². The Morgan fingerprint density at radius 2 is 2.31 bits per heavy atom. The van der Waals surface area contributed by atoms with Crippen molar-refractivity contribution in [1.29, 1.82) is 0 Å². The number of hydrogen-bond acceptors (Lipinski definition) is 4. The van der Waals surface area contributed by atoms with Crippen LogP contribution in [0.5, 0.6) is 5.88 Å². The van der Waals surface area contributed by atoms with Gasteiger partial charge in [0.15, 0.2) is 0 Å². The van der Waals surface area contributed by atoms with Crippen LogP contribution in [0.3, 0.4) is 0 Å². The predicted molar refractivity (Wildman–Crippen MR) is 60.0 cm³/mol. The lowest BCUT2D eigenvalue weighted by atomic mass is 10.3. The normalized spacial score (nSPS) is 10.3. The first-order chi connectivity index (χ1) is 7.88. The summed E-state index contributed by atoms with van der Waals surface area (Å²) < 4.78 is 10.6. The summed E-state index contributed by atoms with van der Waals surface area (Å²) in [6, 6.07) is 7.55. The second-order valence-electron chi connectivity index (χ2n) is 3.40. The summed E-state index contributed by atoms with van der Waals surface area (Å²) in [6.45, 7) is 1.22. The van der Waals surface area contributed by atoms with Crippen LogP contribution in [0.25, 0.3) is 0 Å².